The molecule has 2 aliphatic rings. The first-order chi connectivity index (χ1) is 9.52. The van der Waals surface area contributed by atoms with Gasteiger partial charge in [0.05, 0.1) is 17.1 Å². The molecule has 1 atom stereocenters. The van der Waals surface area contributed by atoms with Crippen molar-refractivity contribution in [1.82, 2.24) is 4.31 Å². The van der Waals surface area contributed by atoms with E-state index in [2.05, 4.69) is 15.9 Å². The summed E-state index contributed by atoms with van der Waals surface area (Å²) in [5.74, 6) is 0. The highest BCUT2D eigenvalue weighted by Gasteiger charge is 2.44. The molecule has 4 nitrogen and oxygen atoms in total. The summed E-state index contributed by atoms with van der Waals surface area (Å²) < 4.78 is 32.5. The lowest BCUT2D eigenvalue weighted by Crippen LogP contribution is -2.46. The third-order valence-corrected chi connectivity index (χ3v) is 6.68. The molecule has 0 bridgehead atoms. The molecule has 0 N–H and O–H groups in total. The van der Waals surface area contributed by atoms with Crippen LogP contribution >= 0.6 is 15.9 Å². The van der Waals surface area contributed by atoms with Crippen LogP contribution in [0.15, 0.2) is 35.2 Å². The number of piperidine rings is 1. The Kier molecular flexibility index (Phi) is 3.92. The quantitative estimate of drug-likeness (QED) is 0.761. The van der Waals surface area contributed by atoms with Gasteiger partial charge in [-0.25, -0.2) is 8.42 Å². The Bertz CT molecular complexity index is 567. The van der Waals surface area contributed by atoms with Gasteiger partial charge in [0.15, 0.2) is 0 Å². The maximum absolute atomic E-state index is 12.5. The summed E-state index contributed by atoms with van der Waals surface area (Å²) in [7, 11) is -3.36. The molecule has 0 saturated carbocycles. The Hall–Kier alpha value is -0.430. The van der Waals surface area contributed by atoms with Crippen LogP contribution in [0.1, 0.15) is 19.3 Å². The molecule has 110 valence electrons. The van der Waals surface area contributed by atoms with Gasteiger partial charge in [-0.1, -0.05) is 34.1 Å². The smallest absolute Gasteiger partial charge is 0.243 e. The molecule has 0 unspecified atom stereocenters. The van der Waals surface area contributed by atoms with Crippen LogP contribution in [-0.4, -0.2) is 42.8 Å². The number of rotatable bonds is 2. The molecule has 0 aromatic heterocycles. The lowest BCUT2D eigenvalue weighted by molar-refractivity contribution is -0.0308. The third kappa shape index (κ3) is 2.66. The average molecular weight is 360 g/mol. The lowest BCUT2D eigenvalue weighted by Gasteiger charge is -2.37. The predicted molar refractivity (Wildman–Crippen MR) is 80.4 cm³/mol. The Balaban J connectivity index is 1.72. The average Bonchev–Trinajstić information content (AvgIpc) is 2.81. The van der Waals surface area contributed by atoms with E-state index in [0.29, 0.717) is 22.8 Å². The molecule has 0 aliphatic carbocycles. The van der Waals surface area contributed by atoms with Crippen LogP contribution in [0.3, 0.4) is 0 Å². The van der Waals surface area contributed by atoms with Crippen LogP contribution in [0, 0.1) is 0 Å². The Labute approximate surface area is 128 Å². The first-order valence-corrected chi connectivity index (χ1v) is 9.21. The highest BCUT2D eigenvalue weighted by atomic mass is 79.9. The summed E-state index contributed by atoms with van der Waals surface area (Å²) >= 11 is 3.58. The molecule has 2 heterocycles. The number of benzene rings is 1. The number of ether oxygens (including phenoxy) is 1. The predicted octanol–water partition coefficient (Wildman–Crippen LogP) is 2.39. The highest BCUT2D eigenvalue weighted by Crippen LogP contribution is 2.39. The summed E-state index contributed by atoms with van der Waals surface area (Å²) in [6.45, 7) is 1.80. The van der Waals surface area contributed by atoms with E-state index < -0.39 is 10.0 Å². The van der Waals surface area contributed by atoms with Gasteiger partial charge in [0.25, 0.3) is 0 Å². The van der Waals surface area contributed by atoms with Crippen molar-refractivity contribution in [2.75, 3.05) is 19.7 Å². The summed E-state index contributed by atoms with van der Waals surface area (Å²) in [6.07, 6.45) is 2.54. The van der Waals surface area contributed by atoms with Gasteiger partial charge in [-0.05, 0) is 31.4 Å². The molecule has 2 aliphatic heterocycles. The number of sulfonamides is 1. The molecule has 6 heteroatoms. The molecule has 1 aromatic carbocycles. The van der Waals surface area contributed by atoms with E-state index in [4.69, 9.17) is 4.74 Å². The number of hydrogen-bond acceptors (Lipinski definition) is 3. The normalized spacial score (nSPS) is 26.9. The second-order valence-corrected chi connectivity index (χ2v) is 8.75. The van der Waals surface area contributed by atoms with E-state index in [1.54, 1.807) is 28.6 Å². The van der Waals surface area contributed by atoms with Crippen molar-refractivity contribution >= 4 is 26.0 Å². The minimum Gasteiger partial charge on any atom is -0.374 e. The highest BCUT2D eigenvalue weighted by molar-refractivity contribution is 9.09. The first kappa shape index (κ1) is 14.5. The minimum absolute atomic E-state index is 0.114. The third-order valence-electron chi connectivity index (χ3n) is 4.18. The van der Waals surface area contributed by atoms with E-state index in [9.17, 15) is 8.42 Å². The molecule has 1 aromatic rings. The van der Waals surface area contributed by atoms with Gasteiger partial charge in [-0.15, -0.1) is 0 Å². The summed E-state index contributed by atoms with van der Waals surface area (Å²) in [5, 5.41) is 0. The zero-order valence-electron chi connectivity index (χ0n) is 11.2. The first-order valence-electron chi connectivity index (χ1n) is 6.85. The molecule has 20 heavy (non-hydrogen) atoms. The van der Waals surface area contributed by atoms with Crippen molar-refractivity contribution in [1.29, 1.82) is 0 Å². The van der Waals surface area contributed by atoms with Crippen molar-refractivity contribution in [3.8, 4) is 0 Å². The van der Waals surface area contributed by atoms with Gasteiger partial charge in [0, 0.05) is 17.9 Å². The van der Waals surface area contributed by atoms with Crippen LogP contribution in [-0.2, 0) is 14.8 Å². The van der Waals surface area contributed by atoms with Gasteiger partial charge in [0.2, 0.25) is 10.0 Å². The molecular weight excluding hydrogens is 342 g/mol. The van der Waals surface area contributed by atoms with Crippen molar-refractivity contribution in [2.24, 2.45) is 0 Å². The summed E-state index contributed by atoms with van der Waals surface area (Å²) in [4.78, 5) is 0.779. The van der Waals surface area contributed by atoms with Gasteiger partial charge < -0.3 is 4.74 Å². The molecule has 0 radical (unpaired) electrons. The molecule has 2 fully saturated rings. The summed E-state index contributed by atoms with van der Waals surface area (Å²) in [5.41, 5.74) is -0.114. The maximum Gasteiger partial charge on any atom is 0.243 e. The maximum atomic E-state index is 12.5. The van der Waals surface area contributed by atoms with Crippen LogP contribution in [0.5, 0.6) is 0 Å². The molecule has 0 amide bonds. The van der Waals surface area contributed by atoms with Crippen LogP contribution in [0.25, 0.3) is 0 Å². The fourth-order valence-electron chi connectivity index (χ4n) is 3.01. The standard InChI is InChI=1S/C14H18BrNO3S/c15-12-10-14(19-11-12)6-8-16(9-7-14)20(17,18)13-4-2-1-3-5-13/h1-5,12H,6-11H2/t12-/m0/s1. The zero-order chi connectivity index (χ0) is 14.2. The van der Waals surface area contributed by atoms with Gasteiger partial charge in [0.1, 0.15) is 0 Å². The van der Waals surface area contributed by atoms with Crippen LogP contribution in [0.4, 0.5) is 0 Å². The number of halogens is 1. The van der Waals surface area contributed by atoms with Crippen LogP contribution < -0.4 is 0 Å². The van der Waals surface area contributed by atoms with E-state index in [1.807, 2.05) is 6.07 Å². The number of alkyl halides is 1. The van der Waals surface area contributed by atoms with Crippen molar-refractivity contribution < 1.29 is 13.2 Å². The Morgan fingerprint density at radius 2 is 1.85 bits per heavy atom. The monoisotopic (exact) mass is 359 g/mol. The molecule has 3 rings (SSSR count). The SMILES string of the molecule is O=S(=O)(c1ccccc1)N1CCC2(CC1)C[C@H](Br)CO2. The Morgan fingerprint density at radius 1 is 1.20 bits per heavy atom. The molecular formula is C14H18BrNO3S. The minimum atomic E-state index is -3.36. The van der Waals surface area contributed by atoms with E-state index in [-0.39, 0.29) is 5.60 Å². The lowest BCUT2D eigenvalue weighted by atomic mass is 9.90. The van der Waals surface area contributed by atoms with E-state index in [1.165, 1.54) is 0 Å². The summed E-state index contributed by atoms with van der Waals surface area (Å²) in [6, 6.07) is 8.65. The Morgan fingerprint density at radius 3 is 2.40 bits per heavy atom. The number of hydrogen-bond donors (Lipinski definition) is 0. The van der Waals surface area contributed by atoms with Gasteiger partial charge in [-0.3, -0.25) is 0 Å². The molecule has 1 spiro atoms. The fourth-order valence-corrected chi connectivity index (χ4v) is 5.20. The second kappa shape index (κ2) is 5.40. The van der Waals surface area contributed by atoms with Crippen molar-refractivity contribution in [3.05, 3.63) is 30.3 Å². The van der Waals surface area contributed by atoms with Crippen molar-refractivity contribution in [3.63, 3.8) is 0 Å². The number of nitrogens with zero attached hydrogens (tertiary/aromatic N) is 1. The van der Waals surface area contributed by atoms with Crippen molar-refractivity contribution in [2.45, 2.75) is 34.6 Å². The zero-order valence-corrected chi connectivity index (χ0v) is 13.6. The van der Waals surface area contributed by atoms with E-state index >= 15 is 0 Å². The fraction of sp³-hybridized carbons (Fsp3) is 0.571. The van der Waals surface area contributed by atoms with E-state index in [0.717, 1.165) is 25.9 Å². The van der Waals surface area contributed by atoms with Gasteiger partial charge >= 0.3 is 0 Å². The topological polar surface area (TPSA) is 46.6 Å². The molecule has 2 saturated heterocycles. The van der Waals surface area contributed by atoms with Crippen LogP contribution in [0.2, 0.25) is 0 Å². The second-order valence-electron chi connectivity index (χ2n) is 5.51. The van der Waals surface area contributed by atoms with Gasteiger partial charge in [-0.2, -0.15) is 4.31 Å². The largest absolute Gasteiger partial charge is 0.374 e.